The van der Waals surface area contributed by atoms with E-state index in [1.165, 1.54) is 0 Å². The number of oxime groups is 1. The van der Waals surface area contributed by atoms with E-state index < -0.39 is 0 Å². The van der Waals surface area contributed by atoms with Crippen LogP contribution in [0.25, 0.3) is 0 Å². The number of rotatable bonds is 3. The molecular formula is C13H20N4O2. The van der Waals surface area contributed by atoms with Gasteiger partial charge in [-0.3, -0.25) is 9.88 Å². The molecule has 0 bridgehead atoms. The molecule has 104 valence electrons. The van der Waals surface area contributed by atoms with Crippen molar-refractivity contribution in [2.45, 2.75) is 26.0 Å². The standard InChI is InChI=1S/C13H20N4O2/c1-13(2)9-17(5-6-19-13)8-10-3-4-15-11(7-10)12(14)16-18/h3-4,7,18H,5-6,8-9H2,1-2H3,(H2,14,16). The number of nitrogens with two attached hydrogens (primary N) is 1. The predicted molar refractivity (Wildman–Crippen MR) is 72.1 cm³/mol. The molecule has 1 aromatic rings. The van der Waals surface area contributed by atoms with Crippen molar-refractivity contribution in [3.63, 3.8) is 0 Å². The van der Waals surface area contributed by atoms with Crippen molar-refractivity contribution in [3.8, 4) is 0 Å². The fourth-order valence-corrected chi connectivity index (χ4v) is 2.27. The van der Waals surface area contributed by atoms with Crippen LogP contribution in [0.1, 0.15) is 25.1 Å². The highest BCUT2D eigenvalue weighted by Crippen LogP contribution is 2.18. The van der Waals surface area contributed by atoms with Crippen LogP contribution in [0.3, 0.4) is 0 Å². The Morgan fingerprint density at radius 1 is 1.63 bits per heavy atom. The Hall–Kier alpha value is -1.66. The van der Waals surface area contributed by atoms with E-state index >= 15 is 0 Å². The second-order valence-corrected chi connectivity index (χ2v) is 5.35. The SMILES string of the molecule is CC1(C)CN(Cc2ccnc(C(N)=NO)c2)CCO1. The topological polar surface area (TPSA) is 84.0 Å². The zero-order chi connectivity index (χ0) is 13.9. The van der Waals surface area contributed by atoms with Crippen LogP contribution in [-0.2, 0) is 11.3 Å². The zero-order valence-electron chi connectivity index (χ0n) is 11.3. The first-order valence-corrected chi connectivity index (χ1v) is 6.29. The molecule has 0 amide bonds. The Bertz CT molecular complexity index is 473. The molecule has 0 saturated carbocycles. The number of pyridine rings is 1. The van der Waals surface area contributed by atoms with Crippen molar-refractivity contribution >= 4 is 5.84 Å². The first-order chi connectivity index (χ1) is 9.00. The van der Waals surface area contributed by atoms with E-state index in [9.17, 15) is 0 Å². The Balaban J connectivity index is 2.07. The van der Waals surface area contributed by atoms with E-state index in [4.69, 9.17) is 15.7 Å². The van der Waals surface area contributed by atoms with Gasteiger partial charge in [-0.25, -0.2) is 0 Å². The fourth-order valence-electron chi connectivity index (χ4n) is 2.27. The third kappa shape index (κ3) is 3.65. The molecule has 3 N–H and O–H groups in total. The summed E-state index contributed by atoms with van der Waals surface area (Å²) in [7, 11) is 0. The Labute approximate surface area is 112 Å². The Morgan fingerprint density at radius 3 is 3.11 bits per heavy atom. The van der Waals surface area contributed by atoms with Crippen molar-refractivity contribution in [2.75, 3.05) is 19.7 Å². The van der Waals surface area contributed by atoms with Crippen LogP contribution < -0.4 is 5.73 Å². The largest absolute Gasteiger partial charge is 0.409 e. The van der Waals surface area contributed by atoms with Gasteiger partial charge in [-0.1, -0.05) is 5.16 Å². The molecule has 0 unspecified atom stereocenters. The minimum absolute atomic E-state index is 0.0316. The van der Waals surface area contributed by atoms with Gasteiger partial charge in [0.25, 0.3) is 0 Å². The molecule has 19 heavy (non-hydrogen) atoms. The molecule has 0 spiro atoms. The monoisotopic (exact) mass is 264 g/mol. The van der Waals surface area contributed by atoms with Gasteiger partial charge in [0.15, 0.2) is 5.84 Å². The lowest BCUT2D eigenvalue weighted by molar-refractivity contribution is -0.0882. The minimum atomic E-state index is -0.111. The molecule has 2 heterocycles. The Morgan fingerprint density at radius 2 is 2.42 bits per heavy atom. The van der Waals surface area contributed by atoms with Crippen LogP contribution in [0.2, 0.25) is 0 Å². The van der Waals surface area contributed by atoms with Gasteiger partial charge >= 0.3 is 0 Å². The highest BCUT2D eigenvalue weighted by atomic mass is 16.5. The molecule has 1 aliphatic heterocycles. The number of hydrogen-bond acceptors (Lipinski definition) is 5. The third-order valence-corrected chi connectivity index (χ3v) is 3.11. The maximum Gasteiger partial charge on any atom is 0.188 e. The number of nitrogens with zero attached hydrogens (tertiary/aromatic N) is 3. The quantitative estimate of drug-likeness (QED) is 0.365. The summed E-state index contributed by atoms with van der Waals surface area (Å²) in [4.78, 5) is 6.40. The minimum Gasteiger partial charge on any atom is -0.409 e. The van der Waals surface area contributed by atoms with Crippen molar-refractivity contribution in [3.05, 3.63) is 29.6 Å². The van der Waals surface area contributed by atoms with E-state index in [1.54, 1.807) is 6.20 Å². The van der Waals surface area contributed by atoms with Gasteiger partial charge in [0, 0.05) is 25.8 Å². The van der Waals surface area contributed by atoms with Gasteiger partial charge in [-0.05, 0) is 31.5 Å². The number of aromatic nitrogens is 1. The van der Waals surface area contributed by atoms with Crippen LogP contribution in [0.15, 0.2) is 23.5 Å². The molecule has 0 aromatic carbocycles. The van der Waals surface area contributed by atoms with Gasteiger partial charge in [0.2, 0.25) is 0 Å². The molecule has 1 aliphatic rings. The average Bonchev–Trinajstić information content (AvgIpc) is 2.37. The van der Waals surface area contributed by atoms with Crippen molar-refractivity contribution in [2.24, 2.45) is 10.9 Å². The maximum atomic E-state index is 8.67. The lowest BCUT2D eigenvalue weighted by Gasteiger charge is -2.38. The maximum absolute atomic E-state index is 8.67. The summed E-state index contributed by atoms with van der Waals surface area (Å²) < 4.78 is 5.69. The van der Waals surface area contributed by atoms with Gasteiger partial charge in [0.1, 0.15) is 5.69 Å². The second kappa shape index (κ2) is 5.54. The summed E-state index contributed by atoms with van der Waals surface area (Å²) in [6.45, 7) is 7.52. The first-order valence-electron chi connectivity index (χ1n) is 6.29. The first kappa shape index (κ1) is 13.8. The third-order valence-electron chi connectivity index (χ3n) is 3.11. The van der Waals surface area contributed by atoms with Crippen LogP contribution >= 0.6 is 0 Å². The Kier molecular flexibility index (Phi) is 4.01. The molecule has 2 rings (SSSR count). The van der Waals surface area contributed by atoms with Gasteiger partial charge in [0.05, 0.1) is 12.2 Å². The van der Waals surface area contributed by atoms with Crippen molar-refractivity contribution < 1.29 is 9.94 Å². The molecule has 0 radical (unpaired) electrons. The molecule has 0 aliphatic carbocycles. The lowest BCUT2D eigenvalue weighted by atomic mass is 10.1. The summed E-state index contributed by atoms with van der Waals surface area (Å²) in [5.41, 5.74) is 7.02. The smallest absolute Gasteiger partial charge is 0.188 e. The van der Waals surface area contributed by atoms with Crippen molar-refractivity contribution in [1.29, 1.82) is 0 Å². The van der Waals surface area contributed by atoms with Gasteiger partial charge < -0.3 is 15.7 Å². The number of ether oxygens (including phenoxy) is 1. The normalized spacial score (nSPS) is 20.4. The highest BCUT2D eigenvalue weighted by Gasteiger charge is 2.26. The molecule has 1 fully saturated rings. The molecule has 0 atom stereocenters. The summed E-state index contributed by atoms with van der Waals surface area (Å²) in [6.07, 6.45) is 1.67. The van der Waals surface area contributed by atoms with E-state index in [0.29, 0.717) is 5.69 Å². The molecule has 6 heteroatoms. The van der Waals surface area contributed by atoms with Crippen LogP contribution in [0.4, 0.5) is 0 Å². The van der Waals surface area contributed by atoms with Crippen molar-refractivity contribution in [1.82, 2.24) is 9.88 Å². The number of morpholine rings is 1. The second-order valence-electron chi connectivity index (χ2n) is 5.35. The van der Waals surface area contributed by atoms with Crippen LogP contribution in [0.5, 0.6) is 0 Å². The van der Waals surface area contributed by atoms with Crippen LogP contribution in [0, 0.1) is 0 Å². The van der Waals surface area contributed by atoms with Gasteiger partial charge in [-0.2, -0.15) is 0 Å². The fraction of sp³-hybridized carbons (Fsp3) is 0.538. The summed E-state index contributed by atoms with van der Waals surface area (Å²) >= 11 is 0. The zero-order valence-corrected chi connectivity index (χ0v) is 11.3. The predicted octanol–water partition coefficient (Wildman–Crippen LogP) is 0.787. The average molecular weight is 264 g/mol. The number of amidine groups is 1. The summed E-state index contributed by atoms with van der Waals surface area (Å²) in [5.74, 6) is 0.0316. The highest BCUT2D eigenvalue weighted by molar-refractivity contribution is 5.95. The van der Waals surface area contributed by atoms with E-state index in [2.05, 4.69) is 28.9 Å². The number of hydrogen-bond donors (Lipinski definition) is 2. The molecule has 1 saturated heterocycles. The van der Waals surface area contributed by atoms with Crippen LogP contribution in [-0.4, -0.2) is 46.2 Å². The van der Waals surface area contributed by atoms with E-state index in [-0.39, 0.29) is 11.4 Å². The van der Waals surface area contributed by atoms with Gasteiger partial charge in [-0.15, -0.1) is 0 Å². The molecular weight excluding hydrogens is 244 g/mol. The summed E-state index contributed by atoms with van der Waals surface area (Å²) in [5, 5.41) is 11.6. The van der Waals surface area contributed by atoms with E-state index in [1.807, 2.05) is 12.1 Å². The van der Waals surface area contributed by atoms with E-state index in [0.717, 1.165) is 31.8 Å². The molecule has 1 aromatic heterocycles. The molecule has 6 nitrogen and oxygen atoms in total. The summed E-state index contributed by atoms with van der Waals surface area (Å²) in [6, 6.07) is 3.79. The lowest BCUT2D eigenvalue weighted by Crippen LogP contribution is -2.47.